The fourth-order valence-electron chi connectivity index (χ4n) is 6.50. The zero-order valence-electron chi connectivity index (χ0n) is 20.3. The topological polar surface area (TPSA) is 57.3 Å². The molecule has 3 aliphatic rings. The smallest absolute Gasteiger partial charge is 0.345 e. The number of hydrogen-bond acceptors (Lipinski definition) is 5. The van der Waals surface area contributed by atoms with Gasteiger partial charge >= 0.3 is 5.97 Å². The van der Waals surface area contributed by atoms with Gasteiger partial charge in [0.05, 0.1) is 26.4 Å². The number of benzene rings is 2. The summed E-state index contributed by atoms with van der Waals surface area (Å²) in [6.45, 7) is 9.44. The second-order valence-corrected chi connectivity index (χ2v) is 10.4. The highest BCUT2D eigenvalue weighted by Crippen LogP contribution is 2.69. The van der Waals surface area contributed by atoms with Crippen LogP contribution >= 0.6 is 0 Å². The Labute approximate surface area is 202 Å². The molecule has 1 saturated heterocycles. The Kier molecular flexibility index (Phi) is 5.81. The van der Waals surface area contributed by atoms with Gasteiger partial charge in [-0.15, -0.1) is 6.58 Å². The van der Waals surface area contributed by atoms with Crippen molar-refractivity contribution in [3.05, 3.63) is 78.4 Å². The molecule has 180 valence electrons. The minimum atomic E-state index is -0.997. The van der Waals surface area contributed by atoms with E-state index in [1.807, 2.05) is 60.7 Å². The maximum absolute atomic E-state index is 13.6. The number of carbonyl (C=O) groups excluding carboxylic acids is 1. The second kappa shape index (κ2) is 8.54. The molecule has 0 N–H and O–H groups in total. The van der Waals surface area contributed by atoms with Crippen LogP contribution in [0.25, 0.3) is 0 Å². The van der Waals surface area contributed by atoms with E-state index in [0.29, 0.717) is 19.1 Å². The van der Waals surface area contributed by atoms with Crippen molar-refractivity contribution in [2.45, 2.75) is 57.5 Å². The Balaban J connectivity index is 1.41. The van der Waals surface area contributed by atoms with E-state index in [9.17, 15) is 4.79 Å². The molecule has 2 aromatic rings. The van der Waals surface area contributed by atoms with Gasteiger partial charge in [0, 0.05) is 5.41 Å². The van der Waals surface area contributed by atoms with Crippen LogP contribution in [0, 0.1) is 16.7 Å². The van der Waals surface area contributed by atoms with E-state index in [-0.39, 0.29) is 29.0 Å². The van der Waals surface area contributed by atoms with Gasteiger partial charge in [0.25, 0.3) is 0 Å². The maximum atomic E-state index is 13.6. The molecular formula is C29H34O5. The normalized spacial score (nSPS) is 32.9. The van der Waals surface area contributed by atoms with Crippen molar-refractivity contribution in [3.8, 4) is 5.75 Å². The number of methoxy groups -OCH3 is 1. The predicted octanol–water partition coefficient (Wildman–Crippen LogP) is 5.43. The van der Waals surface area contributed by atoms with Crippen molar-refractivity contribution in [3.63, 3.8) is 0 Å². The first-order chi connectivity index (χ1) is 16.4. The van der Waals surface area contributed by atoms with E-state index in [1.54, 1.807) is 7.11 Å². The SMILES string of the molecule is C=CC[C@]12CC[C@H]([C@@H](OCc3ccc(OC)cc3)[C@H]1OC(=O)C1(c3ccccc3)CO1)C2(C)C. The molecule has 0 amide bonds. The Morgan fingerprint density at radius 1 is 1.15 bits per heavy atom. The summed E-state index contributed by atoms with van der Waals surface area (Å²) < 4.78 is 24.0. The van der Waals surface area contributed by atoms with Crippen molar-refractivity contribution >= 4 is 5.97 Å². The lowest BCUT2D eigenvalue weighted by molar-refractivity contribution is -0.178. The van der Waals surface area contributed by atoms with Gasteiger partial charge in [-0.2, -0.15) is 0 Å². The molecule has 2 bridgehead atoms. The largest absolute Gasteiger partial charge is 0.497 e. The maximum Gasteiger partial charge on any atom is 0.345 e. The van der Waals surface area contributed by atoms with Crippen LogP contribution in [0.3, 0.4) is 0 Å². The molecule has 0 radical (unpaired) electrons. The van der Waals surface area contributed by atoms with Crippen LogP contribution in [0.5, 0.6) is 5.75 Å². The molecule has 5 heteroatoms. The predicted molar refractivity (Wildman–Crippen MR) is 129 cm³/mol. The number of allylic oxidation sites excluding steroid dienone is 1. The summed E-state index contributed by atoms with van der Waals surface area (Å²) >= 11 is 0. The molecule has 0 spiro atoms. The summed E-state index contributed by atoms with van der Waals surface area (Å²) in [6, 6.07) is 17.5. The van der Waals surface area contributed by atoms with E-state index in [1.165, 1.54) is 0 Å². The number of ether oxygens (including phenoxy) is 4. The lowest BCUT2D eigenvalue weighted by Gasteiger charge is -2.42. The second-order valence-electron chi connectivity index (χ2n) is 10.4. The number of rotatable bonds is 9. The number of carbonyl (C=O) groups is 1. The molecule has 1 unspecified atom stereocenters. The molecule has 5 rings (SSSR count). The average Bonchev–Trinajstić information content (AvgIpc) is 3.60. The summed E-state index contributed by atoms with van der Waals surface area (Å²) in [6.07, 6.45) is 4.28. The van der Waals surface area contributed by atoms with Crippen molar-refractivity contribution in [1.82, 2.24) is 0 Å². The highest BCUT2D eigenvalue weighted by molar-refractivity contribution is 5.84. The van der Waals surface area contributed by atoms with Crippen molar-refractivity contribution < 1.29 is 23.7 Å². The zero-order valence-corrected chi connectivity index (χ0v) is 20.3. The van der Waals surface area contributed by atoms with E-state index >= 15 is 0 Å². The van der Waals surface area contributed by atoms with Gasteiger partial charge in [0.2, 0.25) is 5.60 Å². The van der Waals surface area contributed by atoms with Crippen LogP contribution < -0.4 is 4.74 Å². The Bertz CT molecular complexity index is 1040. The van der Waals surface area contributed by atoms with Gasteiger partial charge in [0.1, 0.15) is 11.9 Å². The van der Waals surface area contributed by atoms with Gasteiger partial charge in [0.15, 0.2) is 0 Å². The number of esters is 1. The van der Waals surface area contributed by atoms with Gasteiger partial charge in [-0.3, -0.25) is 0 Å². The lowest BCUT2D eigenvalue weighted by atomic mass is 9.66. The van der Waals surface area contributed by atoms with Crippen LogP contribution in [0.4, 0.5) is 0 Å². The summed E-state index contributed by atoms with van der Waals surface area (Å²) in [4.78, 5) is 13.6. The highest BCUT2D eigenvalue weighted by atomic mass is 16.7. The van der Waals surface area contributed by atoms with Gasteiger partial charge in [-0.1, -0.05) is 62.4 Å². The van der Waals surface area contributed by atoms with Gasteiger partial charge < -0.3 is 18.9 Å². The van der Waals surface area contributed by atoms with Crippen molar-refractivity contribution in [2.75, 3.05) is 13.7 Å². The fourth-order valence-corrected chi connectivity index (χ4v) is 6.50. The third-order valence-corrected chi connectivity index (χ3v) is 8.70. The molecule has 2 aromatic carbocycles. The van der Waals surface area contributed by atoms with E-state index in [4.69, 9.17) is 18.9 Å². The lowest BCUT2D eigenvalue weighted by Crippen LogP contribution is -2.47. The van der Waals surface area contributed by atoms with Gasteiger partial charge in [-0.05, 0) is 53.9 Å². The van der Waals surface area contributed by atoms with E-state index < -0.39 is 5.60 Å². The first-order valence-electron chi connectivity index (χ1n) is 12.1. The summed E-state index contributed by atoms with van der Waals surface area (Å²) in [5.74, 6) is 0.807. The van der Waals surface area contributed by atoms with Crippen molar-refractivity contribution in [1.29, 1.82) is 0 Å². The highest BCUT2D eigenvalue weighted by Gasteiger charge is 2.71. The molecule has 2 saturated carbocycles. The zero-order chi connectivity index (χ0) is 24.0. The van der Waals surface area contributed by atoms with Gasteiger partial charge in [-0.25, -0.2) is 4.79 Å². The number of epoxide rings is 1. The van der Waals surface area contributed by atoms with Crippen LogP contribution in [-0.4, -0.2) is 31.9 Å². The van der Waals surface area contributed by atoms with E-state index in [0.717, 1.165) is 36.1 Å². The first kappa shape index (κ1) is 23.1. The van der Waals surface area contributed by atoms with Crippen molar-refractivity contribution in [2.24, 2.45) is 16.7 Å². The van der Waals surface area contributed by atoms with Crippen LogP contribution in [-0.2, 0) is 31.2 Å². The number of hydrogen-bond donors (Lipinski definition) is 0. The minimum absolute atomic E-state index is 0.0406. The molecule has 5 atom stereocenters. The summed E-state index contributed by atoms with van der Waals surface area (Å²) in [5.41, 5.74) is 0.669. The molecule has 0 aromatic heterocycles. The molecule has 5 nitrogen and oxygen atoms in total. The first-order valence-corrected chi connectivity index (χ1v) is 12.1. The molecular weight excluding hydrogens is 428 g/mol. The number of fused-ring (bicyclic) bond motifs is 2. The van der Waals surface area contributed by atoms with E-state index in [2.05, 4.69) is 20.4 Å². The van der Waals surface area contributed by atoms with Crippen LogP contribution in [0.15, 0.2) is 67.3 Å². The summed E-state index contributed by atoms with van der Waals surface area (Å²) in [5, 5.41) is 0. The van der Waals surface area contributed by atoms with Crippen LogP contribution in [0.2, 0.25) is 0 Å². The Morgan fingerprint density at radius 2 is 1.85 bits per heavy atom. The minimum Gasteiger partial charge on any atom is -0.497 e. The molecule has 1 heterocycles. The molecule has 1 aliphatic heterocycles. The monoisotopic (exact) mass is 462 g/mol. The third kappa shape index (κ3) is 3.48. The molecule has 3 fully saturated rings. The fraction of sp³-hybridized carbons (Fsp3) is 0.483. The van der Waals surface area contributed by atoms with Crippen LogP contribution in [0.1, 0.15) is 44.2 Å². The molecule has 2 aliphatic carbocycles. The summed E-state index contributed by atoms with van der Waals surface area (Å²) in [7, 11) is 1.66. The average molecular weight is 463 g/mol. The quantitative estimate of drug-likeness (QED) is 0.283. The Morgan fingerprint density at radius 3 is 2.47 bits per heavy atom. The third-order valence-electron chi connectivity index (χ3n) is 8.70. The molecule has 34 heavy (non-hydrogen) atoms. The Hall–Kier alpha value is -2.63. The standard InChI is InChI=1S/C29H34O5/c1-5-16-28-17-15-23(27(28,2)3)24(32-18-20-11-13-22(31-4)14-12-20)25(28)34-26(30)29(19-33-29)21-9-7-6-8-10-21/h5-14,23-25H,1,15-19H2,2-4H3/t23-,24-,25-,28+,29?/m1/s1.